The maximum Gasteiger partial charge on any atom is 0.410 e. The summed E-state index contributed by atoms with van der Waals surface area (Å²) < 4.78 is 29.6. The highest BCUT2D eigenvalue weighted by atomic mass is 79.9. The Hall–Kier alpha value is -1.03. The molecule has 1 aliphatic rings. The van der Waals surface area contributed by atoms with Crippen LogP contribution < -0.4 is 0 Å². The number of benzene rings is 1. The molecule has 0 N–H and O–H groups in total. The van der Waals surface area contributed by atoms with E-state index in [9.17, 15) is 4.79 Å². The van der Waals surface area contributed by atoms with Gasteiger partial charge in [0.1, 0.15) is 5.60 Å². The Morgan fingerprint density at radius 3 is 2.83 bits per heavy atom. The molecule has 0 atom stereocenters. The predicted octanol–water partition coefficient (Wildman–Crippen LogP) is 3.74. The van der Waals surface area contributed by atoms with Crippen LogP contribution in [0.5, 0.6) is 0 Å². The lowest BCUT2D eigenvalue weighted by Gasteiger charge is -2.31. The van der Waals surface area contributed by atoms with E-state index in [4.69, 9.17) is 8.85 Å². The summed E-state index contributed by atoms with van der Waals surface area (Å²) >= 11 is 3.19. The normalized spacial score (nSPS) is 17.6. The standard InChI is InChI=1S/C14H18BrNO2/c1-14(2,3)18-13(17)16-7-6-10-4-5-12(15)8-11(10)9-16/h4-5,8H,6-7,9H2,1-3H3/i4D,5D,8D. The summed E-state index contributed by atoms with van der Waals surface area (Å²) in [7, 11) is 0. The first-order valence-corrected chi connectivity index (χ1v) is 6.66. The Morgan fingerprint density at radius 1 is 1.44 bits per heavy atom. The summed E-state index contributed by atoms with van der Waals surface area (Å²) in [5, 5.41) is 0. The van der Waals surface area contributed by atoms with E-state index in [2.05, 4.69) is 15.9 Å². The fraction of sp³-hybridized carbons (Fsp3) is 0.500. The van der Waals surface area contributed by atoms with Crippen LogP contribution in [0.15, 0.2) is 22.6 Å². The fourth-order valence-corrected chi connectivity index (χ4v) is 2.13. The van der Waals surface area contributed by atoms with Crippen LogP contribution in [0.3, 0.4) is 0 Å². The van der Waals surface area contributed by atoms with E-state index in [0.717, 1.165) is 0 Å². The first-order chi connectivity index (χ1) is 9.61. The van der Waals surface area contributed by atoms with Crippen molar-refractivity contribution in [1.29, 1.82) is 0 Å². The molecule has 1 amide bonds. The Kier molecular flexibility index (Phi) is 2.69. The quantitative estimate of drug-likeness (QED) is 0.730. The number of amides is 1. The number of carbonyl (C=O) groups excluding carboxylic acids is 1. The van der Waals surface area contributed by atoms with E-state index >= 15 is 0 Å². The van der Waals surface area contributed by atoms with Gasteiger partial charge in [0.25, 0.3) is 0 Å². The Bertz CT molecular complexity index is 599. The molecule has 0 spiro atoms. The third kappa shape index (κ3) is 3.25. The topological polar surface area (TPSA) is 29.5 Å². The average molecular weight is 315 g/mol. The van der Waals surface area contributed by atoms with Gasteiger partial charge in [-0.3, -0.25) is 0 Å². The molecule has 0 saturated heterocycles. The zero-order valence-corrected chi connectivity index (χ0v) is 12.3. The van der Waals surface area contributed by atoms with Crippen molar-refractivity contribution in [2.24, 2.45) is 0 Å². The Labute approximate surface area is 120 Å². The minimum Gasteiger partial charge on any atom is -0.444 e. The van der Waals surface area contributed by atoms with Gasteiger partial charge in [0.05, 0.1) is 4.11 Å². The lowest BCUT2D eigenvalue weighted by atomic mass is 10.0. The van der Waals surface area contributed by atoms with Gasteiger partial charge >= 0.3 is 6.09 Å². The van der Waals surface area contributed by atoms with Crippen LogP contribution in [0.4, 0.5) is 4.79 Å². The highest BCUT2D eigenvalue weighted by Gasteiger charge is 2.25. The average Bonchev–Trinajstić information content (AvgIpc) is 2.40. The molecule has 3 nitrogen and oxygen atoms in total. The second-order valence-corrected chi connectivity index (χ2v) is 6.09. The zero-order chi connectivity index (χ0) is 15.9. The van der Waals surface area contributed by atoms with Gasteiger partial charge in [0.15, 0.2) is 0 Å². The fourth-order valence-electron chi connectivity index (χ4n) is 1.79. The van der Waals surface area contributed by atoms with E-state index in [0.29, 0.717) is 28.6 Å². The van der Waals surface area contributed by atoms with Crippen molar-refractivity contribution >= 4 is 22.0 Å². The van der Waals surface area contributed by atoms with Gasteiger partial charge in [-0.15, -0.1) is 0 Å². The molecular formula is C14H18BrNO2. The number of carbonyl (C=O) groups is 1. The second-order valence-electron chi connectivity index (χ2n) is 5.30. The summed E-state index contributed by atoms with van der Waals surface area (Å²) in [4.78, 5) is 13.7. The van der Waals surface area contributed by atoms with Gasteiger partial charge in [-0.1, -0.05) is 22.0 Å². The Morgan fingerprint density at radius 2 is 2.17 bits per heavy atom. The van der Waals surface area contributed by atoms with Crippen molar-refractivity contribution in [1.82, 2.24) is 4.90 Å². The minimum atomic E-state index is -0.562. The van der Waals surface area contributed by atoms with Crippen LogP contribution >= 0.6 is 15.9 Å². The number of fused-ring (bicyclic) bond motifs is 1. The van der Waals surface area contributed by atoms with Crippen LogP contribution in [-0.2, 0) is 17.7 Å². The molecule has 1 heterocycles. The maximum absolute atomic E-state index is 12.1. The smallest absolute Gasteiger partial charge is 0.410 e. The van der Waals surface area contributed by atoms with Crippen LogP contribution in [0.2, 0.25) is 0 Å². The molecule has 18 heavy (non-hydrogen) atoms. The third-order valence-corrected chi connectivity index (χ3v) is 2.98. The van der Waals surface area contributed by atoms with Crippen LogP contribution in [0.25, 0.3) is 0 Å². The number of rotatable bonds is 0. The maximum atomic E-state index is 12.1. The van der Waals surface area contributed by atoms with E-state index in [-0.39, 0.29) is 24.7 Å². The first kappa shape index (κ1) is 9.84. The van der Waals surface area contributed by atoms with Crippen molar-refractivity contribution in [3.8, 4) is 0 Å². The molecule has 4 heteroatoms. The monoisotopic (exact) mass is 314 g/mol. The van der Waals surface area contributed by atoms with Crippen LogP contribution in [0, 0.1) is 0 Å². The molecular weight excluding hydrogens is 294 g/mol. The SMILES string of the molecule is [2H]c1c([2H])c2c(c([2H])c1Br)CN(C(=O)OC(C)(C)C)CC2. The van der Waals surface area contributed by atoms with E-state index < -0.39 is 11.7 Å². The predicted molar refractivity (Wildman–Crippen MR) is 74.5 cm³/mol. The highest BCUT2D eigenvalue weighted by molar-refractivity contribution is 9.10. The van der Waals surface area contributed by atoms with Gasteiger partial charge in [-0.05, 0) is 50.4 Å². The van der Waals surface area contributed by atoms with Crippen LogP contribution in [0.1, 0.15) is 36.0 Å². The number of hydrogen-bond donors (Lipinski definition) is 0. The lowest BCUT2D eigenvalue weighted by molar-refractivity contribution is 0.0224. The van der Waals surface area contributed by atoms with Crippen LogP contribution in [-0.4, -0.2) is 23.1 Å². The summed E-state index contributed by atoms with van der Waals surface area (Å²) in [6, 6.07) is 0.348. The van der Waals surface area contributed by atoms with Crippen molar-refractivity contribution in [2.75, 3.05) is 6.54 Å². The minimum absolute atomic E-state index is 0.0319. The number of hydrogen-bond acceptors (Lipinski definition) is 2. The lowest BCUT2D eigenvalue weighted by Crippen LogP contribution is -2.39. The summed E-state index contributed by atoms with van der Waals surface area (Å²) in [5.41, 5.74) is 0.751. The van der Waals surface area contributed by atoms with E-state index in [1.807, 2.05) is 20.8 Å². The summed E-state index contributed by atoms with van der Waals surface area (Å²) in [5.74, 6) is 0. The zero-order valence-electron chi connectivity index (χ0n) is 13.8. The molecule has 98 valence electrons. The largest absolute Gasteiger partial charge is 0.444 e. The van der Waals surface area contributed by atoms with Crippen molar-refractivity contribution in [3.05, 3.63) is 33.7 Å². The van der Waals surface area contributed by atoms with Gasteiger partial charge < -0.3 is 9.64 Å². The Balaban J connectivity index is 2.31. The van der Waals surface area contributed by atoms with Gasteiger partial charge in [-0.25, -0.2) is 4.79 Å². The summed E-state index contributed by atoms with van der Waals surface area (Å²) in [6.45, 7) is 6.11. The molecule has 0 bridgehead atoms. The third-order valence-electron chi connectivity index (χ3n) is 2.58. The molecule has 0 aromatic heterocycles. The number of halogens is 1. The first-order valence-electron chi connectivity index (χ1n) is 7.36. The second kappa shape index (κ2) is 4.92. The summed E-state index contributed by atoms with van der Waals surface area (Å²) in [6.07, 6.45) is 0.0588. The molecule has 0 unspecified atom stereocenters. The molecule has 2 rings (SSSR count). The molecule has 0 fully saturated rings. The van der Waals surface area contributed by atoms with Crippen molar-refractivity contribution in [2.45, 2.75) is 39.3 Å². The highest BCUT2D eigenvalue weighted by Crippen LogP contribution is 2.24. The van der Waals surface area contributed by atoms with Gasteiger partial charge in [0, 0.05) is 17.6 Å². The molecule has 1 aliphatic heterocycles. The number of ether oxygens (including phenoxy) is 1. The van der Waals surface area contributed by atoms with Gasteiger partial charge in [-0.2, -0.15) is 0 Å². The molecule has 1 aromatic rings. The molecule has 0 radical (unpaired) electrons. The molecule has 1 aromatic carbocycles. The van der Waals surface area contributed by atoms with Crippen molar-refractivity contribution < 1.29 is 13.6 Å². The van der Waals surface area contributed by atoms with E-state index in [1.165, 1.54) is 0 Å². The van der Waals surface area contributed by atoms with E-state index in [1.54, 1.807) is 4.90 Å². The number of nitrogens with zero attached hydrogens (tertiary/aromatic N) is 1. The van der Waals surface area contributed by atoms with Crippen molar-refractivity contribution in [3.63, 3.8) is 0 Å². The van der Waals surface area contributed by atoms with Gasteiger partial charge in [0.2, 0.25) is 0 Å². The molecule has 0 aliphatic carbocycles. The molecule has 0 saturated carbocycles.